The minimum atomic E-state index is 0.591. The molecule has 0 aliphatic carbocycles. The fourth-order valence-corrected chi connectivity index (χ4v) is 4.16. The Bertz CT molecular complexity index is 578. The number of hydrogen-bond donors (Lipinski definition) is 1. The van der Waals surface area contributed by atoms with Gasteiger partial charge in [-0.15, -0.1) is 22.7 Å². The number of halogens is 1. The SMILES string of the molecule is CCCc1c(-c2sccc2Cl)sc(C#N)c1N. The first kappa shape index (κ1) is 12.4. The van der Waals surface area contributed by atoms with Gasteiger partial charge in [0.2, 0.25) is 0 Å². The van der Waals surface area contributed by atoms with Crippen LogP contribution < -0.4 is 5.73 Å². The Balaban J connectivity index is 2.61. The lowest BCUT2D eigenvalue weighted by molar-refractivity contribution is 0.930. The largest absolute Gasteiger partial charge is 0.397 e. The van der Waals surface area contributed by atoms with Crippen LogP contribution in [0.4, 0.5) is 5.69 Å². The number of anilines is 1. The minimum Gasteiger partial charge on any atom is -0.397 e. The summed E-state index contributed by atoms with van der Waals surface area (Å²) in [4.78, 5) is 2.67. The second-order valence-electron chi connectivity index (χ2n) is 3.61. The number of nitrogens with two attached hydrogens (primary N) is 1. The van der Waals surface area contributed by atoms with Gasteiger partial charge in [-0.2, -0.15) is 5.26 Å². The Morgan fingerprint density at radius 1 is 1.47 bits per heavy atom. The van der Waals surface area contributed by atoms with Gasteiger partial charge >= 0.3 is 0 Å². The third-order valence-corrected chi connectivity index (χ3v) is 5.13. The van der Waals surface area contributed by atoms with E-state index in [-0.39, 0.29) is 0 Å². The summed E-state index contributed by atoms with van der Waals surface area (Å²) in [5, 5.41) is 11.7. The molecule has 0 radical (unpaired) electrons. The average Bonchev–Trinajstić information content (AvgIpc) is 2.85. The first-order valence-corrected chi connectivity index (χ1v) is 7.31. The molecule has 0 bridgehead atoms. The number of nitriles is 1. The summed E-state index contributed by atoms with van der Waals surface area (Å²) in [7, 11) is 0. The van der Waals surface area contributed by atoms with Crippen molar-refractivity contribution in [2.45, 2.75) is 19.8 Å². The summed E-state index contributed by atoms with van der Waals surface area (Å²) < 4.78 is 0. The highest BCUT2D eigenvalue weighted by Gasteiger charge is 2.18. The molecule has 0 saturated carbocycles. The van der Waals surface area contributed by atoms with E-state index in [2.05, 4.69) is 13.0 Å². The average molecular weight is 283 g/mol. The number of nitrogens with zero attached hydrogens (tertiary/aromatic N) is 1. The summed E-state index contributed by atoms with van der Waals surface area (Å²) >= 11 is 9.17. The molecule has 2 aromatic rings. The molecule has 2 N–H and O–H groups in total. The van der Waals surface area contributed by atoms with Crippen molar-refractivity contribution in [3.8, 4) is 15.8 Å². The normalized spacial score (nSPS) is 10.4. The molecule has 0 fully saturated rings. The standard InChI is InChI=1S/C12H11ClN2S2/c1-2-3-7-10(15)9(6-14)17-11(7)12-8(13)4-5-16-12/h4-5H,2-3,15H2,1H3. The third kappa shape index (κ3) is 2.19. The molecule has 0 aliphatic heterocycles. The van der Waals surface area contributed by atoms with Gasteiger partial charge < -0.3 is 5.73 Å². The van der Waals surface area contributed by atoms with Crippen LogP contribution in [0.5, 0.6) is 0 Å². The van der Waals surface area contributed by atoms with Crippen molar-refractivity contribution >= 4 is 40.0 Å². The molecular formula is C12H11ClN2S2. The quantitative estimate of drug-likeness (QED) is 0.899. The molecule has 0 amide bonds. The van der Waals surface area contributed by atoms with Gasteiger partial charge in [0.25, 0.3) is 0 Å². The molecule has 88 valence electrons. The van der Waals surface area contributed by atoms with Crippen molar-refractivity contribution < 1.29 is 0 Å². The van der Waals surface area contributed by atoms with Crippen LogP contribution in [0.3, 0.4) is 0 Å². The zero-order valence-corrected chi connectivity index (χ0v) is 11.7. The molecule has 0 unspecified atom stereocenters. The van der Waals surface area contributed by atoms with E-state index in [1.807, 2.05) is 11.4 Å². The summed E-state index contributed by atoms with van der Waals surface area (Å²) in [6, 6.07) is 4.03. The van der Waals surface area contributed by atoms with Crippen molar-refractivity contribution in [2.24, 2.45) is 0 Å². The van der Waals surface area contributed by atoms with Crippen LogP contribution in [0.25, 0.3) is 9.75 Å². The monoisotopic (exact) mass is 282 g/mol. The summed E-state index contributed by atoms with van der Waals surface area (Å²) in [6.45, 7) is 2.10. The molecule has 17 heavy (non-hydrogen) atoms. The molecule has 0 spiro atoms. The molecule has 0 atom stereocenters. The number of hydrogen-bond acceptors (Lipinski definition) is 4. The van der Waals surface area contributed by atoms with Gasteiger partial charge in [0.15, 0.2) is 0 Å². The van der Waals surface area contributed by atoms with Gasteiger partial charge in [-0.25, -0.2) is 0 Å². The van der Waals surface area contributed by atoms with E-state index in [1.54, 1.807) is 11.3 Å². The molecule has 2 aromatic heterocycles. The van der Waals surface area contributed by atoms with E-state index in [4.69, 9.17) is 22.6 Å². The van der Waals surface area contributed by atoms with Gasteiger partial charge in [-0.05, 0) is 23.4 Å². The molecule has 5 heteroatoms. The van der Waals surface area contributed by atoms with E-state index < -0.39 is 0 Å². The zero-order valence-electron chi connectivity index (χ0n) is 9.29. The van der Waals surface area contributed by atoms with E-state index in [1.165, 1.54) is 11.3 Å². The molecule has 2 nitrogen and oxygen atoms in total. The van der Waals surface area contributed by atoms with E-state index in [0.717, 1.165) is 33.2 Å². The van der Waals surface area contributed by atoms with Gasteiger partial charge in [-0.3, -0.25) is 0 Å². The Morgan fingerprint density at radius 3 is 2.76 bits per heavy atom. The summed E-state index contributed by atoms with van der Waals surface area (Å²) in [6.07, 6.45) is 1.88. The van der Waals surface area contributed by atoms with Gasteiger partial charge in [0.1, 0.15) is 10.9 Å². The molecule has 2 heterocycles. The van der Waals surface area contributed by atoms with Crippen LogP contribution >= 0.6 is 34.3 Å². The fourth-order valence-electron chi connectivity index (χ4n) is 1.70. The predicted octanol–water partition coefficient (Wildman–Crippen LogP) is 4.54. The topological polar surface area (TPSA) is 49.8 Å². The Labute approximate surface area is 113 Å². The van der Waals surface area contributed by atoms with Crippen molar-refractivity contribution in [1.29, 1.82) is 5.26 Å². The fraction of sp³-hybridized carbons (Fsp3) is 0.250. The van der Waals surface area contributed by atoms with Crippen molar-refractivity contribution in [3.05, 3.63) is 26.9 Å². The molecule has 0 saturated heterocycles. The minimum absolute atomic E-state index is 0.591. The first-order chi connectivity index (χ1) is 8.19. The lowest BCUT2D eigenvalue weighted by Crippen LogP contribution is -1.92. The van der Waals surface area contributed by atoms with Crippen LogP contribution in [0.2, 0.25) is 5.02 Å². The van der Waals surface area contributed by atoms with Crippen molar-refractivity contribution in [3.63, 3.8) is 0 Å². The lowest BCUT2D eigenvalue weighted by atomic mass is 10.1. The lowest BCUT2D eigenvalue weighted by Gasteiger charge is -2.02. The molecule has 0 aliphatic rings. The maximum absolute atomic E-state index is 9.04. The highest BCUT2D eigenvalue weighted by atomic mass is 35.5. The van der Waals surface area contributed by atoms with Crippen LogP contribution in [-0.4, -0.2) is 0 Å². The maximum atomic E-state index is 9.04. The zero-order chi connectivity index (χ0) is 12.4. The maximum Gasteiger partial charge on any atom is 0.128 e. The van der Waals surface area contributed by atoms with E-state index in [9.17, 15) is 0 Å². The number of rotatable bonds is 3. The van der Waals surface area contributed by atoms with Gasteiger partial charge in [0.05, 0.1) is 20.5 Å². The van der Waals surface area contributed by atoms with Gasteiger partial charge in [-0.1, -0.05) is 24.9 Å². The van der Waals surface area contributed by atoms with Crippen molar-refractivity contribution in [1.82, 2.24) is 0 Å². The number of nitrogen functional groups attached to an aromatic ring is 1. The van der Waals surface area contributed by atoms with Crippen LogP contribution in [-0.2, 0) is 6.42 Å². The van der Waals surface area contributed by atoms with Crippen molar-refractivity contribution in [2.75, 3.05) is 5.73 Å². The third-order valence-electron chi connectivity index (χ3n) is 2.47. The Hall–Kier alpha value is -1.02. The van der Waals surface area contributed by atoms with E-state index in [0.29, 0.717) is 10.6 Å². The predicted molar refractivity (Wildman–Crippen MR) is 75.8 cm³/mol. The molecular weight excluding hydrogens is 272 g/mol. The molecule has 0 aromatic carbocycles. The highest BCUT2D eigenvalue weighted by molar-refractivity contribution is 7.22. The first-order valence-electron chi connectivity index (χ1n) is 5.23. The van der Waals surface area contributed by atoms with Gasteiger partial charge in [0, 0.05) is 0 Å². The smallest absolute Gasteiger partial charge is 0.128 e. The Morgan fingerprint density at radius 2 is 2.24 bits per heavy atom. The van der Waals surface area contributed by atoms with Crippen LogP contribution in [0, 0.1) is 11.3 Å². The number of thiophene rings is 2. The van der Waals surface area contributed by atoms with Crippen LogP contribution in [0.1, 0.15) is 23.8 Å². The Kier molecular flexibility index (Phi) is 3.72. The van der Waals surface area contributed by atoms with Crippen LogP contribution in [0.15, 0.2) is 11.4 Å². The second kappa shape index (κ2) is 5.09. The highest BCUT2D eigenvalue weighted by Crippen LogP contribution is 2.44. The van der Waals surface area contributed by atoms with E-state index >= 15 is 0 Å². The second-order valence-corrected chi connectivity index (χ2v) is 5.96. The summed E-state index contributed by atoms with van der Waals surface area (Å²) in [5.41, 5.74) is 7.70. The summed E-state index contributed by atoms with van der Waals surface area (Å²) in [5.74, 6) is 0. The molecule has 2 rings (SSSR count).